The lowest BCUT2D eigenvalue weighted by molar-refractivity contribution is -0.115. The van der Waals surface area contributed by atoms with Crippen molar-refractivity contribution in [2.24, 2.45) is 0 Å². The van der Waals surface area contributed by atoms with Gasteiger partial charge in [0.25, 0.3) is 0 Å². The molecule has 20 heavy (non-hydrogen) atoms. The van der Waals surface area contributed by atoms with E-state index in [4.69, 9.17) is 11.5 Å². The number of anilines is 3. The molecular formula is C14H13F2N3O. The van der Waals surface area contributed by atoms with Gasteiger partial charge in [-0.3, -0.25) is 4.79 Å². The van der Waals surface area contributed by atoms with E-state index < -0.39 is 5.82 Å². The van der Waals surface area contributed by atoms with Crippen LogP contribution >= 0.6 is 0 Å². The Morgan fingerprint density at radius 1 is 1.00 bits per heavy atom. The molecule has 0 aliphatic carbocycles. The number of carbonyl (C=O) groups excluding carboxylic acids is 1. The van der Waals surface area contributed by atoms with Crippen LogP contribution in [0.3, 0.4) is 0 Å². The van der Waals surface area contributed by atoms with E-state index in [1.54, 1.807) is 18.2 Å². The second-order valence-corrected chi connectivity index (χ2v) is 4.24. The summed E-state index contributed by atoms with van der Waals surface area (Å²) in [6.07, 6.45) is 0.299. The second kappa shape index (κ2) is 5.56. The first-order valence-electron chi connectivity index (χ1n) is 5.85. The van der Waals surface area contributed by atoms with Crippen molar-refractivity contribution in [3.63, 3.8) is 0 Å². The highest BCUT2D eigenvalue weighted by molar-refractivity contribution is 5.99. The van der Waals surface area contributed by atoms with Crippen LogP contribution in [0.15, 0.2) is 36.4 Å². The first-order valence-corrected chi connectivity index (χ1v) is 5.85. The fourth-order valence-corrected chi connectivity index (χ4v) is 1.77. The number of nitrogens with two attached hydrogens (primary N) is 2. The Balaban J connectivity index is 0.000000151. The molecule has 1 heterocycles. The molecule has 0 fully saturated rings. The van der Waals surface area contributed by atoms with Crippen LogP contribution in [0.4, 0.5) is 25.8 Å². The lowest BCUT2D eigenvalue weighted by atomic mass is 10.2. The Kier molecular flexibility index (Phi) is 3.84. The summed E-state index contributed by atoms with van der Waals surface area (Å²) < 4.78 is 25.2. The zero-order chi connectivity index (χ0) is 14.7. The van der Waals surface area contributed by atoms with Crippen molar-refractivity contribution in [3.05, 3.63) is 53.6 Å². The minimum atomic E-state index is -0.463. The molecule has 0 saturated carbocycles. The molecule has 2 aromatic rings. The number of fused-ring (bicyclic) bond motifs is 1. The standard InChI is InChI=1S/C8H6FNO.C6H7FN2/c9-6-3-1-2-5-4-7(11)10-8(5)6;7-4-2-1-3-5(8)6(4)9/h1-3H,4H2,(H,10,11);1-3H,8-9H2. The maximum atomic E-state index is 12.8. The highest BCUT2D eigenvalue weighted by Crippen LogP contribution is 2.25. The summed E-state index contributed by atoms with van der Waals surface area (Å²) in [7, 11) is 0. The van der Waals surface area contributed by atoms with Crippen molar-refractivity contribution in [1.82, 2.24) is 0 Å². The van der Waals surface area contributed by atoms with Crippen LogP contribution < -0.4 is 16.8 Å². The van der Waals surface area contributed by atoms with Gasteiger partial charge in [-0.15, -0.1) is 0 Å². The molecule has 0 radical (unpaired) electrons. The van der Waals surface area contributed by atoms with Gasteiger partial charge in [-0.2, -0.15) is 0 Å². The van der Waals surface area contributed by atoms with Gasteiger partial charge in [0.05, 0.1) is 23.5 Å². The molecule has 0 saturated heterocycles. The Labute approximate surface area is 114 Å². The van der Waals surface area contributed by atoms with Gasteiger partial charge in [0, 0.05) is 0 Å². The molecular weight excluding hydrogens is 264 g/mol. The Hall–Kier alpha value is -2.63. The predicted octanol–water partition coefficient (Wildman–Crippen LogP) is 2.31. The first kappa shape index (κ1) is 13.8. The van der Waals surface area contributed by atoms with Gasteiger partial charge in [0.15, 0.2) is 0 Å². The number of halogens is 2. The highest BCUT2D eigenvalue weighted by Gasteiger charge is 2.19. The van der Waals surface area contributed by atoms with Crippen LogP contribution in [0, 0.1) is 11.6 Å². The monoisotopic (exact) mass is 277 g/mol. The second-order valence-electron chi connectivity index (χ2n) is 4.24. The Bertz CT molecular complexity index is 639. The number of carbonyl (C=O) groups is 1. The molecule has 3 rings (SSSR count). The van der Waals surface area contributed by atoms with E-state index in [0.717, 1.165) is 5.56 Å². The summed E-state index contributed by atoms with van der Waals surface area (Å²) in [6, 6.07) is 9.03. The van der Waals surface area contributed by atoms with Crippen molar-refractivity contribution in [2.45, 2.75) is 6.42 Å². The Morgan fingerprint density at radius 3 is 2.25 bits per heavy atom. The number of para-hydroxylation sites is 2. The number of amides is 1. The van der Waals surface area contributed by atoms with Gasteiger partial charge >= 0.3 is 0 Å². The topological polar surface area (TPSA) is 81.1 Å². The molecule has 0 bridgehead atoms. The molecule has 0 atom stereocenters. The molecule has 2 aromatic carbocycles. The van der Waals surface area contributed by atoms with Crippen LogP contribution in [0.2, 0.25) is 0 Å². The van der Waals surface area contributed by atoms with Crippen molar-refractivity contribution in [1.29, 1.82) is 0 Å². The van der Waals surface area contributed by atoms with Crippen LogP contribution in [0.1, 0.15) is 5.56 Å². The maximum Gasteiger partial charge on any atom is 0.228 e. The molecule has 0 unspecified atom stereocenters. The summed E-state index contributed by atoms with van der Waals surface area (Å²) in [5.74, 6) is -0.951. The van der Waals surface area contributed by atoms with Crippen molar-refractivity contribution < 1.29 is 13.6 Å². The molecule has 1 aliphatic heterocycles. The molecule has 1 aliphatic rings. The quantitative estimate of drug-likeness (QED) is 0.646. The molecule has 104 valence electrons. The van der Waals surface area contributed by atoms with Gasteiger partial charge in [-0.1, -0.05) is 18.2 Å². The zero-order valence-corrected chi connectivity index (χ0v) is 10.5. The van der Waals surface area contributed by atoms with Crippen molar-refractivity contribution >= 4 is 23.0 Å². The van der Waals surface area contributed by atoms with Crippen LogP contribution in [-0.4, -0.2) is 5.91 Å². The van der Waals surface area contributed by atoms with Gasteiger partial charge in [0.1, 0.15) is 11.6 Å². The van der Waals surface area contributed by atoms with Gasteiger partial charge < -0.3 is 16.8 Å². The summed E-state index contributed by atoms with van der Waals surface area (Å²) in [5, 5.41) is 2.45. The average Bonchev–Trinajstić information content (AvgIpc) is 2.79. The zero-order valence-electron chi connectivity index (χ0n) is 10.5. The van der Waals surface area contributed by atoms with Crippen LogP contribution in [-0.2, 0) is 11.2 Å². The summed E-state index contributed by atoms with van der Waals surface area (Å²) in [5.41, 5.74) is 11.8. The van der Waals surface area contributed by atoms with Crippen LogP contribution in [0.5, 0.6) is 0 Å². The Morgan fingerprint density at radius 2 is 1.65 bits per heavy atom. The minimum Gasteiger partial charge on any atom is -0.397 e. The molecule has 6 heteroatoms. The van der Waals surface area contributed by atoms with E-state index in [1.165, 1.54) is 18.2 Å². The van der Waals surface area contributed by atoms with Gasteiger partial charge in [-0.05, 0) is 23.8 Å². The van der Waals surface area contributed by atoms with E-state index in [0.29, 0.717) is 12.1 Å². The third-order valence-electron chi connectivity index (χ3n) is 2.80. The average molecular weight is 277 g/mol. The van der Waals surface area contributed by atoms with Crippen LogP contribution in [0.25, 0.3) is 0 Å². The van der Waals surface area contributed by atoms with Crippen molar-refractivity contribution in [2.75, 3.05) is 16.8 Å². The summed E-state index contributed by atoms with van der Waals surface area (Å²) >= 11 is 0. The smallest absolute Gasteiger partial charge is 0.228 e. The molecule has 1 amide bonds. The SMILES string of the molecule is Nc1cccc(F)c1N.O=C1Cc2cccc(F)c2N1. The van der Waals surface area contributed by atoms with E-state index >= 15 is 0 Å². The largest absolute Gasteiger partial charge is 0.397 e. The third-order valence-corrected chi connectivity index (χ3v) is 2.80. The van der Waals surface area contributed by atoms with Gasteiger partial charge in [0.2, 0.25) is 5.91 Å². The van der Waals surface area contributed by atoms with E-state index in [-0.39, 0.29) is 23.1 Å². The lowest BCUT2D eigenvalue weighted by Gasteiger charge is -1.97. The highest BCUT2D eigenvalue weighted by atomic mass is 19.1. The molecule has 5 N–H and O–H groups in total. The number of rotatable bonds is 0. The maximum absolute atomic E-state index is 12.8. The summed E-state index contributed by atoms with van der Waals surface area (Å²) in [4.78, 5) is 10.8. The predicted molar refractivity (Wildman–Crippen MR) is 74.0 cm³/mol. The first-order chi connectivity index (χ1) is 9.49. The summed E-state index contributed by atoms with van der Waals surface area (Å²) in [6.45, 7) is 0. The third kappa shape index (κ3) is 2.85. The van der Waals surface area contributed by atoms with E-state index in [1.807, 2.05) is 0 Å². The number of benzene rings is 2. The normalized spacial score (nSPS) is 12.2. The number of nitrogen functional groups attached to an aromatic ring is 2. The molecule has 0 aromatic heterocycles. The fraction of sp³-hybridized carbons (Fsp3) is 0.0714. The number of hydrogen-bond acceptors (Lipinski definition) is 3. The number of hydrogen-bond donors (Lipinski definition) is 3. The van der Waals surface area contributed by atoms with Crippen molar-refractivity contribution in [3.8, 4) is 0 Å². The minimum absolute atomic E-state index is 0.0255. The molecule has 4 nitrogen and oxygen atoms in total. The lowest BCUT2D eigenvalue weighted by Crippen LogP contribution is -2.04. The number of nitrogens with one attached hydrogen (secondary N) is 1. The van der Waals surface area contributed by atoms with E-state index in [2.05, 4.69) is 5.32 Å². The molecule has 0 spiro atoms. The fourth-order valence-electron chi connectivity index (χ4n) is 1.77. The van der Waals surface area contributed by atoms with E-state index in [9.17, 15) is 13.6 Å². The van der Waals surface area contributed by atoms with Gasteiger partial charge in [-0.25, -0.2) is 8.78 Å².